The predicted molar refractivity (Wildman–Crippen MR) is 100 cm³/mol. The number of hydrogen-bond donors (Lipinski definition) is 2. The fourth-order valence-electron chi connectivity index (χ4n) is 2.88. The molecule has 2 aromatic carbocycles. The second-order valence-corrected chi connectivity index (χ2v) is 5.85. The Kier molecular flexibility index (Phi) is 4.15. The molecule has 0 spiro atoms. The molecule has 4 rings (SSSR count). The maximum atomic E-state index is 12.6. The Morgan fingerprint density at radius 1 is 1.19 bits per heavy atom. The molecule has 0 aliphatic heterocycles. The highest BCUT2D eigenvalue weighted by molar-refractivity contribution is 5.88. The number of pyridine rings is 1. The monoisotopic (exact) mass is 347 g/mol. The summed E-state index contributed by atoms with van der Waals surface area (Å²) in [5.74, 6) is 1.81. The lowest BCUT2D eigenvalue weighted by Crippen LogP contribution is -2.08. The van der Waals surface area contributed by atoms with E-state index in [0.717, 1.165) is 5.56 Å². The van der Waals surface area contributed by atoms with Crippen molar-refractivity contribution in [2.75, 3.05) is 12.4 Å². The molecular weight excluding hydrogens is 330 g/mol. The Balaban J connectivity index is 1.73. The Bertz CT molecular complexity index is 1090. The summed E-state index contributed by atoms with van der Waals surface area (Å²) in [6.45, 7) is 0.621. The molecule has 130 valence electrons. The highest BCUT2D eigenvalue weighted by Crippen LogP contribution is 2.32. The molecule has 0 radical (unpaired) electrons. The van der Waals surface area contributed by atoms with E-state index in [0.29, 0.717) is 40.3 Å². The number of anilines is 1. The minimum absolute atomic E-state index is 0.0854. The van der Waals surface area contributed by atoms with Gasteiger partial charge in [0.25, 0.3) is 0 Å². The van der Waals surface area contributed by atoms with Gasteiger partial charge in [-0.3, -0.25) is 4.79 Å². The van der Waals surface area contributed by atoms with Gasteiger partial charge < -0.3 is 19.5 Å². The molecule has 0 saturated carbocycles. The average Bonchev–Trinajstić information content (AvgIpc) is 3.21. The van der Waals surface area contributed by atoms with Crippen LogP contribution in [0.5, 0.6) is 5.75 Å². The van der Waals surface area contributed by atoms with Gasteiger partial charge in [0.15, 0.2) is 17.6 Å². The number of nitrogens with one attached hydrogen (secondary N) is 2. The molecule has 0 unspecified atom stereocenters. The Hall–Kier alpha value is -3.54. The molecule has 0 atom stereocenters. The van der Waals surface area contributed by atoms with E-state index in [4.69, 9.17) is 9.15 Å². The van der Waals surface area contributed by atoms with Crippen LogP contribution in [0, 0.1) is 0 Å². The van der Waals surface area contributed by atoms with Crippen molar-refractivity contribution in [2.24, 2.45) is 0 Å². The van der Waals surface area contributed by atoms with Gasteiger partial charge in [-0.25, -0.2) is 4.98 Å². The third-order valence-electron chi connectivity index (χ3n) is 4.17. The second-order valence-electron chi connectivity index (χ2n) is 5.85. The highest BCUT2D eigenvalue weighted by atomic mass is 16.5. The fraction of sp³-hybridized carbons (Fsp3) is 0.100. The SMILES string of the molecule is COc1cc2[nH]c(NCc3ccccc3)cc(=O)c2cc1-c1cnco1. The highest BCUT2D eigenvalue weighted by Gasteiger charge is 2.13. The number of methoxy groups -OCH3 is 1. The molecule has 4 aromatic rings. The number of benzene rings is 2. The van der Waals surface area contributed by atoms with Gasteiger partial charge in [0.05, 0.1) is 24.4 Å². The standard InChI is InChI=1S/C20H17N3O3/c1-25-18-8-16-14(7-15(18)19-11-21-12-26-19)17(24)9-20(23-16)22-10-13-5-3-2-4-6-13/h2-9,11-12H,10H2,1H3,(H2,22,23,24). The smallest absolute Gasteiger partial charge is 0.191 e. The van der Waals surface area contributed by atoms with Crippen LogP contribution in [0.2, 0.25) is 0 Å². The van der Waals surface area contributed by atoms with Crippen LogP contribution in [0.1, 0.15) is 5.56 Å². The minimum Gasteiger partial charge on any atom is -0.496 e. The molecule has 0 aliphatic rings. The molecular formula is C20H17N3O3. The van der Waals surface area contributed by atoms with Crippen molar-refractivity contribution >= 4 is 16.7 Å². The topological polar surface area (TPSA) is 80.1 Å². The molecule has 2 aromatic heterocycles. The largest absolute Gasteiger partial charge is 0.496 e. The van der Waals surface area contributed by atoms with Gasteiger partial charge >= 0.3 is 0 Å². The number of oxazole rings is 1. The average molecular weight is 347 g/mol. The van der Waals surface area contributed by atoms with Crippen molar-refractivity contribution in [3.63, 3.8) is 0 Å². The van der Waals surface area contributed by atoms with Gasteiger partial charge in [0.2, 0.25) is 0 Å². The zero-order chi connectivity index (χ0) is 17.9. The van der Waals surface area contributed by atoms with Crippen LogP contribution in [0.15, 0.2) is 70.3 Å². The summed E-state index contributed by atoms with van der Waals surface area (Å²) >= 11 is 0. The van der Waals surface area contributed by atoms with Gasteiger partial charge in [-0.2, -0.15) is 0 Å². The van der Waals surface area contributed by atoms with E-state index in [1.165, 1.54) is 6.39 Å². The lowest BCUT2D eigenvalue weighted by Gasteiger charge is -2.11. The molecule has 0 amide bonds. The lowest BCUT2D eigenvalue weighted by atomic mass is 10.1. The number of fused-ring (bicyclic) bond motifs is 1. The number of rotatable bonds is 5. The molecule has 0 fully saturated rings. The van der Waals surface area contributed by atoms with Gasteiger partial charge in [-0.1, -0.05) is 30.3 Å². The van der Waals surface area contributed by atoms with Crippen LogP contribution in [0.25, 0.3) is 22.2 Å². The van der Waals surface area contributed by atoms with Crippen LogP contribution in [0.4, 0.5) is 5.82 Å². The molecule has 6 heteroatoms. The first-order valence-electron chi connectivity index (χ1n) is 8.16. The van der Waals surface area contributed by atoms with Crippen LogP contribution >= 0.6 is 0 Å². The van der Waals surface area contributed by atoms with E-state index in [2.05, 4.69) is 15.3 Å². The summed E-state index contributed by atoms with van der Waals surface area (Å²) in [6.07, 6.45) is 2.94. The summed E-state index contributed by atoms with van der Waals surface area (Å²) in [4.78, 5) is 19.8. The number of aromatic amines is 1. The van der Waals surface area contributed by atoms with E-state index in [1.54, 1.807) is 31.5 Å². The van der Waals surface area contributed by atoms with Gasteiger partial charge in [-0.15, -0.1) is 0 Å². The first-order chi connectivity index (χ1) is 12.7. The van der Waals surface area contributed by atoms with Crippen molar-refractivity contribution in [2.45, 2.75) is 6.54 Å². The number of H-pyrrole nitrogens is 1. The summed E-state index contributed by atoms with van der Waals surface area (Å²) < 4.78 is 10.8. The summed E-state index contributed by atoms with van der Waals surface area (Å²) in [6, 6.07) is 15.1. The van der Waals surface area contributed by atoms with Crippen molar-refractivity contribution in [3.8, 4) is 17.1 Å². The maximum absolute atomic E-state index is 12.6. The second kappa shape index (κ2) is 6.76. The van der Waals surface area contributed by atoms with Gasteiger partial charge in [-0.05, 0) is 11.6 Å². The molecule has 26 heavy (non-hydrogen) atoms. The summed E-state index contributed by atoms with van der Waals surface area (Å²) in [5, 5.41) is 3.81. The normalized spacial score (nSPS) is 10.8. The molecule has 6 nitrogen and oxygen atoms in total. The first-order valence-corrected chi connectivity index (χ1v) is 8.16. The van der Waals surface area contributed by atoms with E-state index in [1.807, 2.05) is 30.3 Å². The quantitative estimate of drug-likeness (QED) is 0.574. The van der Waals surface area contributed by atoms with Gasteiger partial charge in [0, 0.05) is 24.1 Å². The number of ether oxygens (including phenoxy) is 1. The van der Waals surface area contributed by atoms with Crippen LogP contribution in [-0.2, 0) is 6.54 Å². The minimum atomic E-state index is -0.0854. The number of nitrogens with zero attached hydrogens (tertiary/aromatic N) is 1. The van der Waals surface area contributed by atoms with E-state index < -0.39 is 0 Å². The van der Waals surface area contributed by atoms with Crippen molar-refractivity contribution in [1.29, 1.82) is 0 Å². The van der Waals surface area contributed by atoms with Crippen LogP contribution in [-0.4, -0.2) is 17.1 Å². The Morgan fingerprint density at radius 2 is 2.04 bits per heavy atom. The molecule has 2 heterocycles. The number of aromatic nitrogens is 2. The van der Waals surface area contributed by atoms with Gasteiger partial charge in [0.1, 0.15) is 11.6 Å². The van der Waals surface area contributed by atoms with Crippen molar-refractivity contribution < 1.29 is 9.15 Å². The third kappa shape index (κ3) is 3.04. The van der Waals surface area contributed by atoms with E-state index >= 15 is 0 Å². The molecule has 2 N–H and O–H groups in total. The first kappa shape index (κ1) is 16.0. The molecule has 0 bridgehead atoms. The Labute approximate surface area is 149 Å². The predicted octanol–water partition coefficient (Wildman–Crippen LogP) is 3.80. The summed E-state index contributed by atoms with van der Waals surface area (Å²) in [5.41, 5.74) is 2.42. The molecule has 0 aliphatic carbocycles. The Morgan fingerprint density at radius 3 is 2.77 bits per heavy atom. The zero-order valence-corrected chi connectivity index (χ0v) is 14.2. The zero-order valence-electron chi connectivity index (χ0n) is 14.2. The maximum Gasteiger partial charge on any atom is 0.191 e. The van der Waals surface area contributed by atoms with Crippen molar-refractivity contribution in [1.82, 2.24) is 9.97 Å². The van der Waals surface area contributed by atoms with E-state index in [-0.39, 0.29) is 5.43 Å². The molecule has 0 saturated heterocycles. The number of hydrogen-bond acceptors (Lipinski definition) is 5. The summed E-state index contributed by atoms with van der Waals surface area (Å²) in [7, 11) is 1.58. The lowest BCUT2D eigenvalue weighted by molar-refractivity contribution is 0.415. The fourth-order valence-corrected chi connectivity index (χ4v) is 2.88. The van der Waals surface area contributed by atoms with E-state index in [9.17, 15) is 4.79 Å². The third-order valence-corrected chi connectivity index (χ3v) is 4.17. The van der Waals surface area contributed by atoms with Crippen LogP contribution in [0.3, 0.4) is 0 Å². The van der Waals surface area contributed by atoms with Crippen LogP contribution < -0.4 is 15.5 Å². The van der Waals surface area contributed by atoms with Crippen molar-refractivity contribution in [3.05, 3.63) is 76.9 Å².